The summed E-state index contributed by atoms with van der Waals surface area (Å²) >= 11 is 0. The van der Waals surface area contributed by atoms with E-state index in [4.69, 9.17) is 10.00 Å². The molecule has 0 heterocycles. The van der Waals surface area contributed by atoms with Gasteiger partial charge in [0.25, 0.3) is 0 Å². The van der Waals surface area contributed by atoms with Gasteiger partial charge in [-0.2, -0.15) is 5.26 Å². The van der Waals surface area contributed by atoms with Gasteiger partial charge in [-0.15, -0.1) is 0 Å². The molecule has 2 rings (SSSR count). The van der Waals surface area contributed by atoms with E-state index < -0.39 is 17.7 Å². The van der Waals surface area contributed by atoms with Gasteiger partial charge in [-0.3, -0.25) is 0 Å². The van der Waals surface area contributed by atoms with E-state index in [0.29, 0.717) is 5.56 Å². The lowest BCUT2D eigenvalue weighted by Crippen LogP contribution is -1.96. The Hall–Kier alpha value is -2.45. The Bertz CT molecular complexity index is 678. The molecular formula is C15H11F2NO2. The second-order valence-corrected chi connectivity index (χ2v) is 4.22. The zero-order chi connectivity index (χ0) is 14.7. The number of hydrogen-bond acceptors (Lipinski definition) is 3. The molecule has 0 aliphatic rings. The molecular weight excluding hydrogens is 264 g/mol. The average Bonchev–Trinajstić information content (AvgIpc) is 2.42. The molecule has 0 fully saturated rings. The molecule has 0 unspecified atom stereocenters. The van der Waals surface area contributed by atoms with Gasteiger partial charge < -0.3 is 9.84 Å². The van der Waals surface area contributed by atoms with Crippen molar-refractivity contribution < 1.29 is 18.6 Å². The monoisotopic (exact) mass is 275 g/mol. The summed E-state index contributed by atoms with van der Waals surface area (Å²) in [5, 5.41) is 18.0. The highest BCUT2D eigenvalue weighted by Crippen LogP contribution is 2.29. The van der Waals surface area contributed by atoms with E-state index in [1.807, 2.05) is 0 Å². The van der Waals surface area contributed by atoms with Gasteiger partial charge >= 0.3 is 0 Å². The summed E-state index contributed by atoms with van der Waals surface area (Å²) in [6.07, 6.45) is -0.801. The maximum Gasteiger partial charge on any atom is 0.167 e. The van der Waals surface area contributed by atoms with Crippen LogP contribution < -0.4 is 4.74 Å². The molecule has 0 radical (unpaired) electrons. The fourth-order valence-corrected chi connectivity index (χ4v) is 1.63. The zero-order valence-electron chi connectivity index (χ0n) is 10.6. The van der Waals surface area contributed by atoms with Crippen LogP contribution in [0.1, 0.15) is 24.2 Å². The fraction of sp³-hybridized carbons (Fsp3) is 0.133. The summed E-state index contributed by atoms with van der Waals surface area (Å²) < 4.78 is 32.5. The first-order valence-corrected chi connectivity index (χ1v) is 5.86. The number of rotatable bonds is 3. The van der Waals surface area contributed by atoms with E-state index in [9.17, 15) is 13.9 Å². The van der Waals surface area contributed by atoms with Crippen molar-refractivity contribution in [2.45, 2.75) is 13.0 Å². The van der Waals surface area contributed by atoms with Gasteiger partial charge in [-0.05, 0) is 42.8 Å². The van der Waals surface area contributed by atoms with Crippen LogP contribution in [0.5, 0.6) is 11.5 Å². The van der Waals surface area contributed by atoms with Gasteiger partial charge in [-0.1, -0.05) is 6.07 Å². The molecule has 0 bridgehead atoms. The van der Waals surface area contributed by atoms with Crippen LogP contribution in [0.4, 0.5) is 8.78 Å². The number of benzene rings is 2. The van der Waals surface area contributed by atoms with Gasteiger partial charge in [-0.25, -0.2) is 8.78 Å². The molecule has 3 nitrogen and oxygen atoms in total. The Labute approximate surface area is 114 Å². The molecule has 1 N–H and O–H groups in total. The number of nitrogens with zero attached hydrogens (tertiary/aromatic N) is 1. The molecule has 2 aromatic rings. The molecule has 102 valence electrons. The molecule has 0 aliphatic heterocycles. The second kappa shape index (κ2) is 5.68. The third-order valence-corrected chi connectivity index (χ3v) is 2.72. The first-order chi connectivity index (χ1) is 9.51. The Morgan fingerprint density at radius 1 is 1.10 bits per heavy atom. The number of aliphatic hydroxyl groups is 1. The summed E-state index contributed by atoms with van der Waals surface area (Å²) in [5.74, 6) is -1.78. The summed E-state index contributed by atoms with van der Waals surface area (Å²) in [6.45, 7) is 1.51. The molecule has 0 spiro atoms. The van der Waals surface area contributed by atoms with E-state index in [1.165, 1.54) is 31.2 Å². The summed E-state index contributed by atoms with van der Waals surface area (Å²) in [7, 11) is 0. The highest BCUT2D eigenvalue weighted by molar-refractivity contribution is 5.39. The van der Waals surface area contributed by atoms with Crippen molar-refractivity contribution in [3.05, 3.63) is 59.2 Å². The minimum atomic E-state index is -0.801. The molecule has 5 heteroatoms. The third kappa shape index (κ3) is 2.92. The number of nitriles is 1. The highest BCUT2D eigenvalue weighted by Gasteiger charge is 2.11. The lowest BCUT2D eigenvalue weighted by molar-refractivity contribution is 0.198. The first-order valence-electron chi connectivity index (χ1n) is 5.86. The van der Waals surface area contributed by atoms with Crippen molar-refractivity contribution in [2.75, 3.05) is 0 Å². The Morgan fingerprint density at radius 2 is 1.70 bits per heavy atom. The van der Waals surface area contributed by atoms with Crippen LogP contribution in [-0.4, -0.2) is 5.11 Å². The SMILES string of the molecule is C[C@@H](O)c1ccc(Oc2ccc(C#N)cc2F)c(F)c1. The summed E-state index contributed by atoms with van der Waals surface area (Å²) in [6, 6.07) is 9.37. The van der Waals surface area contributed by atoms with Crippen LogP contribution >= 0.6 is 0 Å². The van der Waals surface area contributed by atoms with Gasteiger partial charge in [0.15, 0.2) is 23.1 Å². The van der Waals surface area contributed by atoms with Crippen molar-refractivity contribution in [3.8, 4) is 17.6 Å². The van der Waals surface area contributed by atoms with Crippen LogP contribution in [0.3, 0.4) is 0 Å². The van der Waals surface area contributed by atoms with E-state index in [1.54, 1.807) is 6.07 Å². The molecule has 0 saturated heterocycles. The average molecular weight is 275 g/mol. The van der Waals surface area contributed by atoms with Crippen molar-refractivity contribution in [3.63, 3.8) is 0 Å². The van der Waals surface area contributed by atoms with Crippen LogP contribution in [0.25, 0.3) is 0 Å². The van der Waals surface area contributed by atoms with Crippen molar-refractivity contribution >= 4 is 0 Å². The standard InChI is InChI=1S/C15H11F2NO2/c1-9(19)11-3-5-15(13(17)7-11)20-14-4-2-10(8-18)6-12(14)16/h2-7,9,19H,1H3/t9-/m1/s1. The van der Waals surface area contributed by atoms with Gasteiger partial charge in [0.05, 0.1) is 17.7 Å². The summed E-state index contributed by atoms with van der Waals surface area (Å²) in [4.78, 5) is 0. The Kier molecular flexibility index (Phi) is 3.97. The molecule has 2 aromatic carbocycles. The number of aliphatic hydroxyl groups excluding tert-OH is 1. The third-order valence-electron chi connectivity index (χ3n) is 2.72. The van der Waals surface area contributed by atoms with Crippen LogP contribution in [0.2, 0.25) is 0 Å². The molecule has 0 amide bonds. The predicted octanol–water partition coefficient (Wildman–Crippen LogP) is 3.68. The molecule has 0 saturated carbocycles. The normalized spacial score (nSPS) is 11.8. The van der Waals surface area contributed by atoms with Gasteiger partial charge in [0.1, 0.15) is 0 Å². The van der Waals surface area contributed by atoms with E-state index in [2.05, 4.69) is 0 Å². The van der Waals surface area contributed by atoms with Crippen molar-refractivity contribution in [1.29, 1.82) is 5.26 Å². The molecule has 0 aromatic heterocycles. The van der Waals surface area contributed by atoms with Gasteiger partial charge in [0, 0.05) is 0 Å². The number of ether oxygens (including phenoxy) is 1. The maximum atomic E-state index is 13.8. The van der Waals surface area contributed by atoms with Crippen molar-refractivity contribution in [1.82, 2.24) is 0 Å². The zero-order valence-corrected chi connectivity index (χ0v) is 10.6. The number of hydrogen-bond donors (Lipinski definition) is 1. The molecule has 0 aliphatic carbocycles. The first kappa shape index (κ1) is 14.0. The second-order valence-electron chi connectivity index (χ2n) is 4.22. The highest BCUT2D eigenvalue weighted by atomic mass is 19.1. The Morgan fingerprint density at radius 3 is 2.20 bits per heavy atom. The van der Waals surface area contributed by atoms with E-state index >= 15 is 0 Å². The van der Waals surface area contributed by atoms with Crippen LogP contribution in [0, 0.1) is 23.0 Å². The topological polar surface area (TPSA) is 53.2 Å². The minimum absolute atomic E-state index is 0.153. The fourth-order valence-electron chi connectivity index (χ4n) is 1.63. The lowest BCUT2D eigenvalue weighted by Gasteiger charge is -2.10. The minimum Gasteiger partial charge on any atom is -0.451 e. The Balaban J connectivity index is 2.29. The molecule has 20 heavy (non-hydrogen) atoms. The predicted molar refractivity (Wildman–Crippen MR) is 68.2 cm³/mol. The van der Waals surface area contributed by atoms with E-state index in [-0.39, 0.29) is 17.1 Å². The lowest BCUT2D eigenvalue weighted by atomic mass is 10.1. The van der Waals surface area contributed by atoms with Crippen molar-refractivity contribution in [2.24, 2.45) is 0 Å². The van der Waals surface area contributed by atoms with Crippen LogP contribution in [0.15, 0.2) is 36.4 Å². The smallest absolute Gasteiger partial charge is 0.167 e. The van der Waals surface area contributed by atoms with Crippen LogP contribution in [-0.2, 0) is 0 Å². The molecule has 1 atom stereocenters. The summed E-state index contributed by atoms with van der Waals surface area (Å²) in [5.41, 5.74) is 0.551. The maximum absolute atomic E-state index is 13.8. The largest absolute Gasteiger partial charge is 0.451 e. The number of halogens is 2. The van der Waals surface area contributed by atoms with E-state index in [0.717, 1.165) is 12.1 Å². The van der Waals surface area contributed by atoms with Gasteiger partial charge in [0.2, 0.25) is 0 Å². The quantitative estimate of drug-likeness (QED) is 0.929.